The molecule has 32 heavy (non-hydrogen) atoms. The molecular weight excluding hydrogens is 480 g/mol. The number of azo groups is 1. The van der Waals surface area contributed by atoms with Crippen molar-refractivity contribution in [3.05, 3.63) is 48.2 Å². The number of nitrogens with zero attached hydrogens (tertiary/aromatic N) is 5. The molecule has 12 nitrogen and oxygen atoms in total. The van der Waals surface area contributed by atoms with Gasteiger partial charge in [0.05, 0.1) is 31.4 Å². The molecule has 0 atom stereocenters. The van der Waals surface area contributed by atoms with Gasteiger partial charge in [-0.15, -0.1) is 10.2 Å². The van der Waals surface area contributed by atoms with Gasteiger partial charge in [0.25, 0.3) is 20.2 Å². The van der Waals surface area contributed by atoms with Crippen LogP contribution in [0.25, 0.3) is 15.9 Å². The van der Waals surface area contributed by atoms with E-state index in [1.54, 1.807) is 13.0 Å². The van der Waals surface area contributed by atoms with E-state index in [1.165, 1.54) is 41.1 Å². The van der Waals surface area contributed by atoms with Crippen molar-refractivity contribution in [2.24, 2.45) is 10.2 Å². The smallest absolute Gasteiger partial charge is 0.294 e. The van der Waals surface area contributed by atoms with E-state index in [1.807, 2.05) is 0 Å². The second-order valence-corrected chi connectivity index (χ2v) is 10.4. The van der Waals surface area contributed by atoms with Crippen LogP contribution in [0.4, 0.5) is 16.6 Å². The zero-order valence-corrected chi connectivity index (χ0v) is 18.6. The number of nitrogens with two attached hydrogens (primary N) is 1. The van der Waals surface area contributed by atoms with E-state index in [2.05, 4.69) is 20.3 Å². The van der Waals surface area contributed by atoms with Crippen LogP contribution in [0.2, 0.25) is 0 Å². The average molecular weight is 495 g/mol. The number of aromatic nitrogens is 3. The predicted octanol–water partition coefficient (Wildman–Crippen LogP) is 3.28. The Hall–Kier alpha value is -3.24. The number of benzene rings is 2. The summed E-state index contributed by atoms with van der Waals surface area (Å²) in [5, 5.41) is 12.6. The van der Waals surface area contributed by atoms with Crippen molar-refractivity contribution in [3.8, 4) is 5.69 Å². The van der Waals surface area contributed by atoms with E-state index in [4.69, 9.17) is 5.73 Å². The van der Waals surface area contributed by atoms with Crippen molar-refractivity contribution in [1.82, 2.24) is 14.8 Å². The Morgan fingerprint density at radius 2 is 1.69 bits per heavy atom. The number of anilines is 1. The summed E-state index contributed by atoms with van der Waals surface area (Å²) < 4.78 is 65.5. The van der Waals surface area contributed by atoms with Gasteiger partial charge < -0.3 is 5.73 Å². The normalized spacial score (nSPS) is 12.7. The van der Waals surface area contributed by atoms with Gasteiger partial charge in [-0.2, -0.15) is 21.9 Å². The van der Waals surface area contributed by atoms with Crippen molar-refractivity contribution < 1.29 is 25.9 Å². The highest BCUT2D eigenvalue weighted by Gasteiger charge is 2.17. The fraction of sp³-hybridized carbons (Fsp3) is 0.0588. The zero-order valence-electron chi connectivity index (χ0n) is 16.1. The summed E-state index contributed by atoms with van der Waals surface area (Å²) in [5.74, 6) is 0.0773. The first-order chi connectivity index (χ1) is 14.9. The molecule has 0 bridgehead atoms. The Morgan fingerprint density at radius 1 is 1.00 bits per heavy atom. The van der Waals surface area contributed by atoms with Gasteiger partial charge in [0.2, 0.25) is 5.13 Å². The van der Waals surface area contributed by atoms with Gasteiger partial charge in [-0.05, 0) is 43.3 Å². The standard InChI is InChI=1S/C17H14N6O6S3/c1-9-15(16(18)23(22-9)10-3-2-4-11(7-10)31(24,25)26)20-21-17-19-13-6-5-12(32(27,28)29)8-14(13)30-17/h2-8H,18H2,1H3,(H,24,25,26)(H,27,28,29). The van der Waals surface area contributed by atoms with E-state index in [0.717, 1.165) is 11.3 Å². The van der Waals surface area contributed by atoms with Gasteiger partial charge in [-0.3, -0.25) is 9.11 Å². The van der Waals surface area contributed by atoms with E-state index < -0.39 is 20.2 Å². The predicted molar refractivity (Wildman–Crippen MR) is 116 cm³/mol. The van der Waals surface area contributed by atoms with Crippen LogP contribution in [0.1, 0.15) is 5.69 Å². The third-order valence-corrected chi connectivity index (χ3v) is 6.91. The summed E-state index contributed by atoms with van der Waals surface area (Å²) in [6.45, 7) is 1.63. The minimum absolute atomic E-state index is 0.0773. The molecule has 0 aliphatic heterocycles. The van der Waals surface area contributed by atoms with Gasteiger partial charge in [-0.1, -0.05) is 17.4 Å². The van der Waals surface area contributed by atoms with Gasteiger partial charge in [0, 0.05) is 0 Å². The van der Waals surface area contributed by atoms with Crippen LogP contribution in [-0.4, -0.2) is 40.7 Å². The highest BCUT2D eigenvalue weighted by molar-refractivity contribution is 7.86. The largest absolute Gasteiger partial charge is 0.382 e. The maximum Gasteiger partial charge on any atom is 0.294 e. The molecule has 0 unspecified atom stereocenters. The summed E-state index contributed by atoms with van der Waals surface area (Å²) in [4.78, 5) is 3.66. The second kappa shape index (κ2) is 7.72. The summed E-state index contributed by atoms with van der Waals surface area (Å²) >= 11 is 1.06. The highest BCUT2D eigenvalue weighted by Crippen LogP contribution is 2.34. The fourth-order valence-corrected chi connectivity index (χ4v) is 4.75. The summed E-state index contributed by atoms with van der Waals surface area (Å²) in [6.07, 6.45) is 0. The topological polar surface area (TPSA) is 190 Å². The van der Waals surface area contributed by atoms with Crippen LogP contribution in [0, 0.1) is 6.92 Å². The third-order valence-electron chi connectivity index (χ3n) is 4.31. The molecule has 15 heteroatoms. The van der Waals surface area contributed by atoms with E-state index in [0.29, 0.717) is 21.6 Å². The Bertz CT molecular complexity index is 1600. The molecule has 2 aromatic heterocycles. The lowest BCUT2D eigenvalue weighted by Gasteiger charge is -2.05. The van der Waals surface area contributed by atoms with Crippen LogP contribution in [-0.2, 0) is 20.2 Å². The van der Waals surface area contributed by atoms with Crippen LogP contribution < -0.4 is 5.73 Å². The van der Waals surface area contributed by atoms with Crippen LogP contribution in [0.15, 0.2) is 62.5 Å². The van der Waals surface area contributed by atoms with Gasteiger partial charge in [-0.25, -0.2) is 9.67 Å². The average Bonchev–Trinajstić information content (AvgIpc) is 3.24. The Morgan fingerprint density at radius 3 is 2.38 bits per heavy atom. The SMILES string of the molecule is Cc1nn(-c2cccc(S(=O)(=O)O)c2)c(N)c1N=Nc1nc2ccc(S(=O)(=O)O)cc2s1. The molecule has 0 radical (unpaired) electrons. The Labute approximate surface area is 185 Å². The first-order valence-electron chi connectivity index (χ1n) is 8.66. The number of thiazole rings is 1. The molecule has 4 N–H and O–H groups in total. The van der Waals surface area contributed by atoms with E-state index in [9.17, 15) is 25.9 Å². The Balaban J connectivity index is 1.70. The quantitative estimate of drug-likeness (QED) is 0.276. The molecule has 0 aliphatic carbocycles. The number of rotatable bonds is 5. The molecule has 4 aromatic rings. The number of hydrogen-bond donors (Lipinski definition) is 3. The van der Waals surface area contributed by atoms with Gasteiger partial charge in [0.1, 0.15) is 0 Å². The minimum Gasteiger partial charge on any atom is -0.382 e. The molecule has 0 saturated carbocycles. The zero-order chi connectivity index (χ0) is 23.3. The van der Waals surface area contributed by atoms with Crippen LogP contribution in [0.3, 0.4) is 0 Å². The lowest BCUT2D eigenvalue weighted by molar-refractivity contribution is 0.481. The third kappa shape index (κ3) is 4.23. The van der Waals surface area contributed by atoms with Crippen molar-refractivity contribution >= 4 is 58.4 Å². The molecule has 0 fully saturated rings. The van der Waals surface area contributed by atoms with E-state index in [-0.39, 0.29) is 26.4 Å². The maximum atomic E-state index is 11.4. The number of fused-ring (bicyclic) bond motifs is 1. The maximum absolute atomic E-state index is 11.4. The lowest BCUT2D eigenvalue weighted by atomic mass is 10.3. The lowest BCUT2D eigenvalue weighted by Crippen LogP contribution is -2.04. The molecule has 166 valence electrons. The molecule has 0 saturated heterocycles. The van der Waals surface area contributed by atoms with Crippen molar-refractivity contribution in [3.63, 3.8) is 0 Å². The highest BCUT2D eigenvalue weighted by atomic mass is 32.2. The number of nitrogen functional groups attached to an aromatic ring is 1. The van der Waals surface area contributed by atoms with E-state index >= 15 is 0 Å². The van der Waals surface area contributed by atoms with Crippen molar-refractivity contribution in [1.29, 1.82) is 0 Å². The number of hydrogen-bond acceptors (Lipinski definition) is 10. The molecule has 4 rings (SSSR count). The minimum atomic E-state index is -4.41. The first kappa shape index (κ1) is 22.0. The van der Waals surface area contributed by atoms with Gasteiger partial charge >= 0.3 is 0 Å². The van der Waals surface area contributed by atoms with Crippen LogP contribution in [0.5, 0.6) is 0 Å². The summed E-state index contributed by atoms with van der Waals surface area (Å²) in [5.41, 5.74) is 7.51. The van der Waals surface area contributed by atoms with Crippen LogP contribution >= 0.6 is 11.3 Å². The molecule has 0 aliphatic rings. The second-order valence-electron chi connectivity index (χ2n) is 6.50. The monoisotopic (exact) mass is 494 g/mol. The molecule has 0 amide bonds. The fourth-order valence-electron chi connectivity index (χ4n) is 2.82. The molecule has 2 aromatic carbocycles. The molecule has 0 spiro atoms. The first-order valence-corrected chi connectivity index (χ1v) is 12.4. The van der Waals surface area contributed by atoms with Crippen molar-refractivity contribution in [2.75, 3.05) is 5.73 Å². The Kier molecular flexibility index (Phi) is 5.30. The molecule has 2 heterocycles. The summed E-state index contributed by atoms with van der Waals surface area (Å²) in [6, 6.07) is 9.36. The molecular formula is C17H14N6O6S3. The van der Waals surface area contributed by atoms with Crippen molar-refractivity contribution in [2.45, 2.75) is 16.7 Å². The van der Waals surface area contributed by atoms with Gasteiger partial charge in [0.15, 0.2) is 11.5 Å². The number of aryl methyl sites for hydroxylation is 1. The summed E-state index contributed by atoms with van der Waals surface area (Å²) in [7, 11) is -8.75.